The maximum Gasteiger partial charge on any atom is 0.407 e. The highest BCUT2D eigenvalue weighted by atomic mass is 16.6. The van der Waals surface area contributed by atoms with Gasteiger partial charge in [-0.2, -0.15) is 0 Å². The van der Waals surface area contributed by atoms with Crippen LogP contribution in [0.5, 0.6) is 0 Å². The Bertz CT molecular complexity index is 314. The van der Waals surface area contributed by atoms with E-state index in [0.29, 0.717) is 12.5 Å². The predicted octanol–water partition coefficient (Wildman–Crippen LogP) is 2.42. The molecule has 2 rings (SSSR count). The van der Waals surface area contributed by atoms with Gasteiger partial charge in [0.1, 0.15) is 5.60 Å². The summed E-state index contributed by atoms with van der Waals surface area (Å²) in [6.45, 7) is 6.29. The molecule has 0 saturated heterocycles. The van der Waals surface area contributed by atoms with Gasteiger partial charge in [-0.05, 0) is 52.4 Å². The molecule has 0 radical (unpaired) electrons. The van der Waals surface area contributed by atoms with E-state index in [1.807, 2.05) is 20.8 Å². The molecule has 4 heteroatoms. The Morgan fingerprint density at radius 1 is 1.44 bits per heavy atom. The third kappa shape index (κ3) is 3.16. The highest BCUT2D eigenvalue weighted by Crippen LogP contribution is 2.52. The molecule has 0 aromatic heterocycles. The van der Waals surface area contributed by atoms with Crippen LogP contribution in [0.3, 0.4) is 0 Å². The number of carbonyl (C=O) groups is 1. The van der Waals surface area contributed by atoms with E-state index in [0.717, 1.165) is 12.8 Å². The lowest BCUT2D eigenvalue weighted by atomic mass is 9.74. The van der Waals surface area contributed by atoms with Crippen LogP contribution in [0, 0.1) is 11.3 Å². The van der Waals surface area contributed by atoms with Gasteiger partial charge in [0, 0.05) is 18.0 Å². The van der Waals surface area contributed by atoms with Crippen LogP contribution in [0.4, 0.5) is 4.79 Å². The van der Waals surface area contributed by atoms with Crippen LogP contribution >= 0.6 is 0 Å². The summed E-state index contributed by atoms with van der Waals surface area (Å²) in [5, 5.41) is 2.88. The van der Waals surface area contributed by atoms with Gasteiger partial charge in [0.25, 0.3) is 0 Å². The number of nitrogens with two attached hydrogens (primary N) is 1. The Kier molecular flexibility index (Phi) is 3.58. The Hall–Kier alpha value is -0.770. The highest BCUT2D eigenvalue weighted by Gasteiger charge is 2.51. The maximum absolute atomic E-state index is 11.6. The molecule has 104 valence electrons. The summed E-state index contributed by atoms with van der Waals surface area (Å²) in [4.78, 5) is 11.6. The minimum atomic E-state index is -0.434. The lowest BCUT2D eigenvalue weighted by Crippen LogP contribution is -2.47. The Morgan fingerprint density at radius 2 is 2.06 bits per heavy atom. The number of nitrogens with one attached hydrogen (secondary N) is 1. The first-order valence-corrected chi connectivity index (χ1v) is 7.05. The second-order valence-electron chi connectivity index (χ2n) is 6.93. The number of rotatable bonds is 4. The molecule has 0 aliphatic heterocycles. The SMILES string of the molecule is CC(C)(C)OC(=O)NCC1(C(N)C2CCC2)CC1. The first kappa shape index (κ1) is 13.7. The molecule has 0 aromatic rings. The van der Waals surface area contributed by atoms with E-state index in [9.17, 15) is 4.79 Å². The van der Waals surface area contributed by atoms with Crippen molar-refractivity contribution in [3.63, 3.8) is 0 Å². The molecular weight excluding hydrogens is 228 g/mol. The maximum atomic E-state index is 11.6. The second-order valence-corrected chi connectivity index (χ2v) is 6.93. The monoisotopic (exact) mass is 254 g/mol. The van der Waals surface area contributed by atoms with E-state index in [1.165, 1.54) is 19.3 Å². The van der Waals surface area contributed by atoms with Crippen molar-refractivity contribution in [1.82, 2.24) is 5.32 Å². The van der Waals surface area contributed by atoms with Crippen molar-refractivity contribution < 1.29 is 9.53 Å². The first-order chi connectivity index (χ1) is 8.32. The normalized spacial score (nSPS) is 24.0. The molecule has 2 fully saturated rings. The quantitative estimate of drug-likeness (QED) is 0.809. The second kappa shape index (κ2) is 4.72. The molecule has 1 unspecified atom stereocenters. The van der Waals surface area contributed by atoms with Gasteiger partial charge in [0.15, 0.2) is 0 Å². The summed E-state index contributed by atoms with van der Waals surface area (Å²) in [6.07, 6.45) is 5.79. The molecule has 18 heavy (non-hydrogen) atoms. The zero-order chi connectivity index (χ0) is 13.4. The smallest absolute Gasteiger partial charge is 0.407 e. The zero-order valence-electron chi connectivity index (χ0n) is 11.8. The topological polar surface area (TPSA) is 64.3 Å². The van der Waals surface area contributed by atoms with Crippen LogP contribution in [0.1, 0.15) is 52.9 Å². The van der Waals surface area contributed by atoms with Gasteiger partial charge in [-0.3, -0.25) is 0 Å². The fourth-order valence-electron chi connectivity index (χ4n) is 2.65. The lowest BCUT2D eigenvalue weighted by molar-refractivity contribution is 0.0506. The van der Waals surface area contributed by atoms with E-state index >= 15 is 0 Å². The van der Waals surface area contributed by atoms with Crippen LogP contribution < -0.4 is 11.1 Å². The van der Waals surface area contributed by atoms with Gasteiger partial charge in [0.2, 0.25) is 0 Å². The summed E-state index contributed by atoms with van der Waals surface area (Å²) < 4.78 is 5.25. The number of hydrogen-bond acceptors (Lipinski definition) is 3. The standard InChI is InChI=1S/C14H26N2O2/c1-13(2,3)18-12(17)16-9-14(7-8-14)11(15)10-5-4-6-10/h10-11H,4-9,15H2,1-3H3,(H,16,17). The molecule has 0 spiro atoms. The summed E-state index contributed by atoms with van der Waals surface area (Å²) >= 11 is 0. The average Bonchev–Trinajstić information content (AvgIpc) is 2.89. The fourth-order valence-corrected chi connectivity index (χ4v) is 2.65. The fraction of sp³-hybridized carbons (Fsp3) is 0.929. The van der Waals surface area contributed by atoms with Crippen LogP contribution in [-0.4, -0.2) is 24.3 Å². The van der Waals surface area contributed by atoms with Crippen LogP contribution in [0.2, 0.25) is 0 Å². The minimum absolute atomic E-state index is 0.155. The molecule has 0 aromatic carbocycles. The molecular formula is C14H26N2O2. The van der Waals surface area contributed by atoms with E-state index in [-0.39, 0.29) is 17.6 Å². The van der Waals surface area contributed by atoms with Gasteiger partial charge in [0.05, 0.1) is 0 Å². The molecule has 4 nitrogen and oxygen atoms in total. The summed E-state index contributed by atoms with van der Waals surface area (Å²) in [7, 11) is 0. The van der Waals surface area contributed by atoms with E-state index in [2.05, 4.69) is 5.32 Å². The van der Waals surface area contributed by atoms with E-state index in [4.69, 9.17) is 10.5 Å². The number of hydrogen-bond donors (Lipinski definition) is 2. The van der Waals surface area contributed by atoms with Crippen LogP contribution in [-0.2, 0) is 4.74 Å². The van der Waals surface area contributed by atoms with Crippen LogP contribution in [0.15, 0.2) is 0 Å². The van der Waals surface area contributed by atoms with E-state index in [1.54, 1.807) is 0 Å². The molecule has 2 aliphatic carbocycles. The predicted molar refractivity (Wildman–Crippen MR) is 71.2 cm³/mol. The number of alkyl carbamates (subject to hydrolysis) is 1. The Balaban J connectivity index is 1.77. The number of ether oxygens (including phenoxy) is 1. The first-order valence-electron chi connectivity index (χ1n) is 7.05. The molecule has 2 aliphatic rings. The van der Waals surface area contributed by atoms with E-state index < -0.39 is 5.60 Å². The van der Waals surface area contributed by atoms with Crippen molar-refractivity contribution in [3.05, 3.63) is 0 Å². The molecule has 1 amide bonds. The lowest BCUT2D eigenvalue weighted by Gasteiger charge is -2.36. The van der Waals surface area contributed by atoms with Crippen molar-refractivity contribution in [1.29, 1.82) is 0 Å². The van der Waals surface area contributed by atoms with Gasteiger partial charge < -0.3 is 15.8 Å². The number of carbonyl (C=O) groups excluding carboxylic acids is 1. The van der Waals surface area contributed by atoms with Gasteiger partial charge in [-0.1, -0.05) is 6.42 Å². The number of amides is 1. The Morgan fingerprint density at radius 3 is 2.44 bits per heavy atom. The van der Waals surface area contributed by atoms with Crippen molar-refractivity contribution >= 4 is 6.09 Å². The molecule has 1 atom stereocenters. The minimum Gasteiger partial charge on any atom is -0.444 e. The van der Waals surface area contributed by atoms with Crippen molar-refractivity contribution in [2.24, 2.45) is 17.1 Å². The van der Waals surface area contributed by atoms with Gasteiger partial charge >= 0.3 is 6.09 Å². The van der Waals surface area contributed by atoms with Gasteiger partial charge in [-0.25, -0.2) is 4.79 Å². The molecule has 0 bridgehead atoms. The van der Waals surface area contributed by atoms with Crippen molar-refractivity contribution in [3.8, 4) is 0 Å². The average molecular weight is 254 g/mol. The summed E-state index contributed by atoms with van der Waals surface area (Å²) in [6, 6.07) is 0.251. The zero-order valence-corrected chi connectivity index (χ0v) is 11.8. The summed E-state index contributed by atoms with van der Waals surface area (Å²) in [5.41, 5.74) is 6.06. The summed E-state index contributed by atoms with van der Waals surface area (Å²) in [5.74, 6) is 0.674. The Labute approximate surface area is 110 Å². The highest BCUT2D eigenvalue weighted by molar-refractivity contribution is 5.67. The van der Waals surface area contributed by atoms with Crippen molar-refractivity contribution in [2.75, 3.05) is 6.54 Å². The van der Waals surface area contributed by atoms with Crippen molar-refractivity contribution in [2.45, 2.75) is 64.5 Å². The van der Waals surface area contributed by atoms with Crippen LogP contribution in [0.25, 0.3) is 0 Å². The third-order valence-corrected chi connectivity index (χ3v) is 4.24. The molecule has 3 N–H and O–H groups in total. The molecule has 0 heterocycles. The molecule has 2 saturated carbocycles. The third-order valence-electron chi connectivity index (χ3n) is 4.24. The largest absolute Gasteiger partial charge is 0.444 e. The van der Waals surface area contributed by atoms with Gasteiger partial charge in [-0.15, -0.1) is 0 Å².